The lowest BCUT2D eigenvalue weighted by Crippen LogP contribution is -2.22. The van der Waals surface area contributed by atoms with Crippen LogP contribution >= 0.6 is 0 Å². The number of pyridine rings is 2. The van der Waals surface area contributed by atoms with Gasteiger partial charge >= 0.3 is 0 Å². The molecule has 2 heterocycles. The monoisotopic (exact) mass is 408 g/mol. The molecule has 156 valence electrons. The lowest BCUT2D eigenvalue weighted by molar-refractivity contribution is 0.104. The Hall–Kier alpha value is -3.39. The standard InChI is InChI=1S/C22H24N4O4/c1-26(2)9-8-24-22-18-16(12-6-7-23-11-13(12)19(18)27)17-14(25-22)10-15(28-3)20(29-4)21(17)30-5/h6-7,10-11H,8-9H2,1-5H3,(H,24,25). The van der Waals surface area contributed by atoms with Crippen molar-refractivity contribution in [1.82, 2.24) is 14.9 Å². The maximum atomic E-state index is 13.3. The van der Waals surface area contributed by atoms with Crippen molar-refractivity contribution in [1.29, 1.82) is 0 Å². The maximum absolute atomic E-state index is 13.3. The first-order valence-electron chi connectivity index (χ1n) is 9.56. The largest absolute Gasteiger partial charge is 0.493 e. The normalized spacial score (nSPS) is 12.1. The van der Waals surface area contributed by atoms with Gasteiger partial charge in [0.15, 0.2) is 17.3 Å². The molecule has 0 unspecified atom stereocenters. The zero-order valence-electron chi connectivity index (χ0n) is 17.7. The Kier molecular flexibility index (Phi) is 5.17. The summed E-state index contributed by atoms with van der Waals surface area (Å²) in [7, 11) is 8.68. The fourth-order valence-corrected chi connectivity index (χ4v) is 3.84. The number of carbonyl (C=O) groups is 1. The molecule has 0 amide bonds. The van der Waals surface area contributed by atoms with Gasteiger partial charge in [0.2, 0.25) is 5.75 Å². The van der Waals surface area contributed by atoms with Crippen LogP contribution in [0.1, 0.15) is 15.9 Å². The number of carbonyl (C=O) groups excluding carboxylic acids is 1. The summed E-state index contributed by atoms with van der Waals surface area (Å²) in [5.41, 5.74) is 3.29. The lowest BCUT2D eigenvalue weighted by Gasteiger charge is -2.19. The van der Waals surface area contributed by atoms with Crippen molar-refractivity contribution < 1.29 is 19.0 Å². The molecule has 0 aliphatic heterocycles. The van der Waals surface area contributed by atoms with Crippen LogP contribution in [0.15, 0.2) is 24.5 Å². The average Bonchev–Trinajstić information content (AvgIpc) is 3.05. The summed E-state index contributed by atoms with van der Waals surface area (Å²) in [6, 6.07) is 3.65. The van der Waals surface area contributed by atoms with Crippen molar-refractivity contribution in [3.8, 4) is 28.4 Å². The van der Waals surface area contributed by atoms with Crippen LogP contribution in [-0.4, -0.2) is 69.2 Å². The van der Waals surface area contributed by atoms with E-state index in [4.69, 9.17) is 19.2 Å². The lowest BCUT2D eigenvalue weighted by atomic mass is 9.99. The Labute approximate surface area is 174 Å². The zero-order valence-corrected chi connectivity index (χ0v) is 17.7. The van der Waals surface area contributed by atoms with Gasteiger partial charge in [-0.05, 0) is 25.7 Å². The first-order chi connectivity index (χ1) is 14.5. The van der Waals surface area contributed by atoms with Crippen molar-refractivity contribution in [3.63, 3.8) is 0 Å². The van der Waals surface area contributed by atoms with Gasteiger partial charge in [-0.2, -0.15) is 0 Å². The van der Waals surface area contributed by atoms with Crippen molar-refractivity contribution in [2.24, 2.45) is 0 Å². The smallest absolute Gasteiger partial charge is 0.204 e. The van der Waals surface area contributed by atoms with Crippen molar-refractivity contribution in [2.75, 3.05) is 53.8 Å². The van der Waals surface area contributed by atoms with Crippen LogP contribution in [0.4, 0.5) is 5.82 Å². The molecule has 8 nitrogen and oxygen atoms in total. The van der Waals surface area contributed by atoms with E-state index in [2.05, 4.69) is 15.2 Å². The second-order valence-corrected chi connectivity index (χ2v) is 7.23. The highest BCUT2D eigenvalue weighted by Crippen LogP contribution is 2.51. The molecule has 0 saturated heterocycles. The molecule has 0 saturated carbocycles. The number of nitrogens with one attached hydrogen (secondary N) is 1. The molecule has 0 atom stereocenters. The Morgan fingerprint density at radius 2 is 1.80 bits per heavy atom. The Morgan fingerprint density at radius 3 is 2.47 bits per heavy atom. The third-order valence-corrected chi connectivity index (χ3v) is 5.19. The molecule has 4 rings (SSSR count). The third-order valence-electron chi connectivity index (χ3n) is 5.19. The number of likely N-dealkylation sites (N-methyl/N-ethyl adjacent to an activating group) is 1. The molecule has 3 aromatic rings. The van der Waals surface area contributed by atoms with Gasteiger partial charge in [0.25, 0.3) is 0 Å². The van der Waals surface area contributed by atoms with E-state index >= 15 is 0 Å². The number of aromatic nitrogens is 2. The predicted octanol–water partition coefficient (Wildman–Crippen LogP) is 2.84. The molecule has 1 aliphatic carbocycles. The molecular weight excluding hydrogens is 384 g/mol. The average molecular weight is 408 g/mol. The third kappa shape index (κ3) is 3.00. The Balaban J connectivity index is 2.06. The molecule has 1 N–H and O–H groups in total. The number of benzene rings is 1. The summed E-state index contributed by atoms with van der Waals surface area (Å²) < 4.78 is 16.8. The Bertz CT molecular complexity index is 1140. The van der Waals surface area contributed by atoms with Crippen molar-refractivity contribution in [3.05, 3.63) is 35.7 Å². The molecule has 0 fully saturated rings. The van der Waals surface area contributed by atoms with E-state index in [1.165, 1.54) is 0 Å². The summed E-state index contributed by atoms with van der Waals surface area (Å²) in [6.07, 6.45) is 3.28. The van der Waals surface area contributed by atoms with Gasteiger partial charge in [0, 0.05) is 42.7 Å². The highest BCUT2D eigenvalue weighted by molar-refractivity contribution is 6.28. The molecule has 0 radical (unpaired) electrons. The molecule has 1 aliphatic rings. The predicted molar refractivity (Wildman–Crippen MR) is 115 cm³/mol. The minimum atomic E-state index is -0.105. The van der Waals surface area contributed by atoms with Crippen LogP contribution in [-0.2, 0) is 0 Å². The van der Waals surface area contributed by atoms with E-state index in [0.29, 0.717) is 51.6 Å². The van der Waals surface area contributed by atoms with Gasteiger partial charge in [-0.3, -0.25) is 9.78 Å². The number of fused-ring (bicyclic) bond motifs is 5. The molecule has 1 aromatic carbocycles. The number of hydrogen-bond donors (Lipinski definition) is 1. The summed E-state index contributed by atoms with van der Waals surface area (Å²) in [5, 5.41) is 4.04. The molecule has 0 bridgehead atoms. The summed E-state index contributed by atoms with van der Waals surface area (Å²) in [4.78, 5) is 24.3. The van der Waals surface area contributed by atoms with E-state index in [1.807, 2.05) is 20.2 Å². The number of ketones is 1. The topological polar surface area (TPSA) is 85.8 Å². The van der Waals surface area contributed by atoms with Crippen LogP contribution in [0.5, 0.6) is 17.2 Å². The quantitative estimate of drug-likeness (QED) is 0.500. The van der Waals surface area contributed by atoms with Crippen LogP contribution in [0.25, 0.3) is 22.0 Å². The number of methoxy groups -OCH3 is 3. The zero-order chi connectivity index (χ0) is 21.4. The maximum Gasteiger partial charge on any atom is 0.204 e. The summed E-state index contributed by atoms with van der Waals surface area (Å²) >= 11 is 0. The van der Waals surface area contributed by atoms with Gasteiger partial charge in [0.1, 0.15) is 5.82 Å². The highest BCUT2D eigenvalue weighted by Gasteiger charge is 2.35. The van der Waals surface area contributed by atoms with E-state index in [-0.39, 0.29) is 5.78 Å². The fourth-order valence-electron chi connectivity index (χ4n) is 3.84. The first kappa shape index (κ1) is 19.9. The molecule has 2 aromatic heterocycles. The van der Waals surface area contributed by atoms with Crippen LogP contribution in [0.3, 0.4) is 0 Å². The van der Waals surface area contributed by atoms with Gasteiger partial charge < -0.3 is 24.4 Å². The molecule has 0 spiro atoms. The minimum Gasteiger partial charge on any atom is -0.493 e. The summed E-state index contributed by atoms with van der Waals surface area (Å²) in [6.45, 7) is 1.44. The van der Waals surface area contributed by atoms with Gasteiger partial charge in [-0.1, -0.05) is 0 Å². The van der Waals surface area contributed by atoms with E-state index in [9.17, 15) is 4.79 Å². The number of ether oxygens (including phenoxy) is 3. The minimum absolute atomic E-state index is 0.105. The van der Waals surface area contributed by atoms with E-state index in [0.717, 1.165) is 17.7 Å². The van der Waals surface area contributed by atoms with Crippen LogP contribution in [0, 0.1) is 0 Å². The molecule has 8 heteroatoms. The van der Waals surface area contributed by atoms with Crippen LogP contribution < -0.4 is 19.5 Å². The van der Waals surface area contributed by atoms with Crippen molar-refractivity contribution >= 4 is 22.5 Å². The number of rotatable bonds is 7. The Morgan fingerprint density at radius 1 is 1.03 bits per heavy atom. The second-order valence-electron chi connectivity index (χ2n) is 7.23. The molecule has 30 heavy (non-hydrogen) atoms. The summed E-state index contributed by atoms with van der Waals surface area (Å²) in [5.74, 6) is 1.88. The van der Waals surface area contributed by atoms with Crippen LogP contribution in [0.2, 0.25) is 0 Å². The van der Waals surface area contributed by atoms with Gasteiger partial charge in [-0.15, -0.1) is 0 Å². The first-order valence-corrected chi connectivity index (χ1v) is 9.56. The second kappa shape index (κ2) is 7.79. The number of nitrogens with zero attached hydrogens (tertiary/aromatic N) is 3. The number of hydrogen-bond acceptors (Lipinski definition) is 8. The molecular formula is C22H24N4O4. The van der Waals surface area contributed by atoms with Gasteiger partial charge in [0.05, 0.1) is 37.8 Å². The van der Waals surface area contributed by atoms with E-state index in [1.54, 1.807) is 39.8 Å². The fraction of sp³-hybridized carbons (Fsp3) is 0.318. The van der Waals surface area contributed by atoms with E-state index < -0.39 is 0 Å². The highest BCUT2D eigenvalue weighted by atomic mass is 16.5. The van der Waals surface area contributed by atoms with Crippen molar-refractivity contribution in [2.45, 2.75) is 0 Å². The number of anilines is 1. The SMILES string of the molecule is COc1cc2nc(NCCN(C)C)c3c(c2c(OC)c1OC)-c1ccncc1C3=O. The van der Waals surface area contributed by atoms with Gasteiger partial charge in [-0.25, -0.2) is 4.98 Å².